The molecule has 4 heteroatoms. The second kappa shape index (κ2) is 4.00. The third-order valence-electron chi connectivity index (χ3n) is 3.72. The molecule has 0 aromatic rings. The minimum Gasteiger partial charge on any atom is -0.341 e. The number of carbonyl (C=O) groups is 2. The molecule has 2 rings (SSSR count). The maximum atomic E-state index is 11.7. The van der Waals surface area contributed by atoms with Gasteiger partial charge in [0, 0.05) is 43.4 Å². The Balaban J connectivity index is 1.79. The zero-order valence-corrected chi connectivity index (χ0v) is 11.2. The summed E-state index contributed by atoms with van der Waals surface area (Å²) in [7, 11) is 0. The third-order valence-corrected chi connectivity index (χ3v) is 3.72. The van der Waals surface area contributed by atoms with Crippen molar-refractivity contribution in [1.82, 2.24) is 9.80 Å². The molecular formula is C13H22N2O2. The lowest BCUT2D eigenvalue weighted by Gasteiger charge is -2.60. The predicted molar refractivity (Wildman–Crippen MR) is 65.3 cm³/mol. The molecule has 2 amide bonds. The van der Waals surface area contributed by atoms with Gasteiger partial charge in [-0.25, -0.2) is 0 Å². The monoisotopic (exact) mass is 238 g/mol. The first kappa shape index (κ1) is 12.4. The molecule has 0 saturated carbocycles. The molecule has 0 radical (unpaired) electrons. The molecule has 0 aliphatic carbocycles. The van der Waals surface area contributed by atoms with Gasteiger partial charge in [-0.2, -0.15) is 0 Å². The highest BCUT2D eigenvalue weighted by atomic mass is 16.2. The summed E-state index contributed by atoms with van der Waals surface area (Å²) >= 11 is 0. The Morgan fingerprint density at radius 3 is 1.35 bits per heavy atom. The first-order valence-corrected chi connectivity index (χ1v) is 6.42. The van der Waals surface area contributed by atoms with Crippen LogP contribution in [-0.4, -0.2) is 47.8 Å². The normalized spacial score (nSPS) is 21.8. The summed E-state index contributed by atoms with van der Waals surface area (Å²) in [6.07, 6.45) is 0. The zero-order valence-electron chi connectivity index (χ0n) is 11.2. The number of likely N-dealkylation sites (tertiary alicyclic amines) is 2. The van der Waals surface area contributed by atoms with Crippen LogP contribution in [0, 0.1) is 17.3 Å². The molecule has 0 atom stereocenters. The Bertz CT molecular complexity index is 300. The van der Waals surface area contributed by atoms with Gasteiger partial charge in [0.1, 0.15) is 0 Å². The van der Waals surface area contributed by atoms with E-state index in [0.717, 1.165) is 26.2 Å². The molecular weight excluding hydrogens is 216 g/mol. The average Bonchev–Trinajstić information content (AvgIpc) is 2.12. The Morgan fingerprint density at radius 1 is 0.824 bits per heavy atom. The van der Waals surface area contributed by atoms with E-state index in [9.17, 15) is 9.59 Å². The highest BCUT2D eigenvalue weighted by molar-refractivity contribution is 5.81. The molecule has 0 bridgehead atoms. The largest absolute Gasteiger partial charge is 0.341 e. The van der Waals surface area contributed by atoms with E-state index in [2.05, 4.69) is 0 Å². The van der Waals surface area contributed by atoms with Crippen molar-refractivity contribution in [3.05, 3.63) is 0 Å². The van der Waals surface area contributed by atoms with Gasteiger partial charge in [-0.3, -0.25) is 9.59 Å². The van der Waals surface area contributed by atoms with E-state index in [1.54, 1.807) is 0 Å². The molecule has 0 aromatic carbocycles. The number of hydrogen-bond acceptors (Lipinski definition) is 2. The van der Waals surface area contributed by atoms with Gasteiger partial charge in [0.25, 0.3) is 0 Å². The fourth-order valence-electron chi connectivity index (χ4n) is 2.77. The highest BCUT2D eigenvalue weighted by Crippen LogP contribution is 2.40. The van der Waals surface area contributed by atoms with Crippen LogP contribution in [-0.2, 0) is 9.59 Å². The van der Waals surface area contributed by atoms with Gasteiger partial charge in [-0.1, -0.05) is 27.7 Å². The van der Waals surface area contributed by atoms with Crippen LogP contribution in [0.5, 0.6) is 0 Å². The molecule has 2 fully saturated rings. The van der Waals surface area contributed by atoms with E-state index in [-0.39, 0.29) is 29.1 Å². The molecule has 1 spiro atoms. The van der Waals surface area contributed by atoms with Crippen LogP contribution >= 0.6 is 0 Å². The second-order valence-electron chi connectivity index (χ2n) is 6.20. The topological polar surface area (TPSA) is 40.6 Å². The standard InChI is InChI=1S/C13H22N2O2/c1-9(2)11(16)14-5-13(6-14)7-15(8-13)12(17)10(3)4/h9-10H,5-8H2,1-4H3. The van der Waals surface area contributed by atoms with Crippen molar-refractivity contribution in [2.45, 2.75) is 27.7 Å². The Morgan fingerprint density at radius 2 is 1.12 bits per heavy atom. The Kier molecular flexibility index (Phi) is 2.92. The SMILES string of the molecule is CC(C)C(=O)N1CC2(C1)CN(C(=O)C(C)C)C2. The summed E-state index contributed by atoms with van der Waals surface area (Å²) in [6.45, 7) is 11.1. The number of nitrogens with zero attached hydrogens (tertiary/aromatic N) is 2. The van der Waals surface area contributed by atoms with Gasteiger partial charge in [-0.05, 0) is 0 Å². The quantitative estimate of drug-likeness (QED) is 0.719. The van der Waals surface area contributed by atoms with E-state index in [0.29, 0.717) is 0 Å². The van der Waals surface area contributed by atoms with Crippen LogP contribution in [0.2, 0.25) is 0 Å². The van der Waals surface area contributed by atoms with Gasteiger partial charge in [0.05, 0.1) is 0 Å². The summed E-state index contributed by atoms with van der Waals surface area (Å²) < 4.78 is 0. The molecule has 2 aliphatic rings. The summed E-state index contributed by atoms with van der Waals surface area (Å²) in [4.78, 5) is 27.3. The van der Waals surface area contributed by atoms with Gasteiger partial charge in [-0.15, -0.1) is 0 Å². The molecule has 2 heterocycles. The first-order chi connectivity index (χ1) is 7.84. The lowest BCUT2D eigenvalue weighted by Crippen LogP contribution is -2.74. The van der Waals surface area contributed by atoms with Crippen LogP contribution in [0.25, 0.3) is 0 Å². The average molecular weight is 238 g/mol. The molecule has 2 aliphatic heterocycles. The van der Waals surface area contributed by atoms with Crippen molar-refractivity contribution >= 4 is 11.8 Å². The van der Waals surface area contributed by atoms with Crippen LogP contribution in [0.4, 0.5) is 0 Å². The predicted octanol–water partition coefficient (Wildman–Crippen LogP) is 0.969. The maximum Gasteiger partial charge on any atom is 0.225 e. The van der Waals surface area contributed by atoms with E-state index < -0.39 is 0 Å². The van der Waals surface area contributed by atoms with Crippen molar-refractivity contribution in [3.63, 3.8) is 0 Å². The lowest BCUT2D eigenvalue weighted by atomic mass is 9.72. The summed E-state index contributed by atoms with van der Waals surface area (Å²) in [5.74, 6) is 0.648. The van der Waals surface area contributed by atoms with Crippen LogP contribution in [0.3, 0.4) is 0 Å². The number of amides is 2. The first-order valence-electron chi connectivity index (χ1n) is 6.42. The summed E-state index contributed by atoms with van der Waals surface area (Å²) in [5.41, 5.74) is 0.231. The van der Waals surface area contributed by atoms with Crippen LogP contribution < -0.4 is 0 Å². The van der Waals surface area contributed by atoms with Crippen molar-refractivity contribution in [3.8, 4) is 0 Å². The van der Waals surface area contributed by atoms with Crippen molar-refractivity contribution in [2.75, 3.05) is 26.2 Å². The van der Waals surface area contributed by atoms with E-state index in [1.807, 2.05) is 37.5 Å². The molecule has 96 valence electrons. The summed E-state index contributed by atoms with van der Waals surface area (Å²) in [5, 5.41) is 0. The van der Waals surface area contributed by atoms with E-state index in [1.165, 1.54) is 0 Å². The Labute approximate surface area is 103 Å². The van der Waals surface area contributed by atoms with Crippen LogP contribution in [0.1, 0.15) is 27.7 Å². The highest BCUT2D eigenvalue weighted by Gasteiger charge is 2.54. The fraction of sp³-hybridized carbons (Fsp3) is 0.846. The smallest absolute Gasteiger partial charge is 0.225 e. The van der Waals surface area contributed by atoms with Gasteiger partial charge >= 0.3 is 0 Å². The molecule has 0 unspecified atom stereocenters. The van der Waals surface area contributed by atoms with Gasteiger partial charge in [0.2, 0.25) is 11.8 Å². The maximum absolute atomic E-state index is 11.7. The van der Waals surface area contributed by atoms with Crippen molar-refractivity contribution < 1.29 is 9.59 Å². The molecule has 2 saturated heterocycles. The molecule has 17 heavy (non-hydrogen) atoms. The second-order valence-corrected chi connectivity index (χ2v) is 6.20. The molecule has 0 N–H and O–H groups in total. The van der Waals surface area contributed by atoms with Crippen molar-refractivity contribution in [2.24, 2.45) is 17.3 Å². The van der Waals surface area contributed by atoms with Crippen LogP contribution in [0.15, 0.2) is 0 Å². The number of rotatable bonds is 2. The minimum absolute atomic E-state index is 0.0841. The number of carbonyl (C=O) groups excluding carboxylic acids is 2. The molecule has 0 aromatic heterocycles. The lowest BCUT2D eigenvalue weighted by molar-refractivity contribution is -0.171. The zero-order chi connectivity index (χ0) is 12.8. The fourth-order valence-corrected chi connectivity index (χ4v) is 2.77. The van der Waals surface area contributed by atoms with Gasteiger partial charge < -0.3 is 9.80 Å². The number of hydrogen-bond donors (Lipinski definition) is 0. The Hall–Kier alpha value is -1.06. The van der Waals surface area contributed by atoms with E-state index >= 15 is 0 Å². The third kappa shape index (κ3) is 2.05. The minimum atomic E-state index is 0.0841. The van der Waals surface area contributed by atoms with E-state index in [4.69, 9.17) is 0 Å². The van der Waals surface area contributed by atoms with Gasteiger partial charge in [0.15, 0.2) is 0 Å². The summed E-state index contributed by atoms with van der Waals surface area (Å²) in [6, 6.07) is 0. The molecule has 4 nitrogen and oxygen atoms in total. The van der Waals surface area contributed by atoms with Crippen molar-refractivity contribution in [1.29, 1.82) is 0 Å².